The molecule has 2 amide bonds. The first-order valence-corrected chi connectivity index (χ1v) is 9.19. The fraction of sp³-hybridized carbons (Fsp3) is 0.250. The van der Waals surface area contributed by atoms with Crippen molar-refractivity contribution in [2.75, 3.05) is 14.2 Å². The van der Waals surface area contributed by atoms with Crippen LogP contribution in [0, 0.1) is 0 Å². The van der Waals surface area contributed by atoms with Crippen molar-refractivity contribution in [3.8, 4) is 22.9 Å². The Morgan fingerprint density at radius 2 is 1.97 bits per heavy atom. The topological polar surface area (TPSA) is 141 Å². The third-order valence-corrected chi connectivity index (χ3v) is 4.06. The lowest BCUT2D eigenvalue weighted by Crippen LogP contribution is -2.26. The van der Waals surface area contributed by atoms with Gasteiger partial charge in [0.2, 0.25) is 17.6 Å². The number of nitrogens with one attached hydrogen (secondary N) is 2. The lowest BCUT2D eigenvalue weighted by Gasteiger charge is -2.07. The summed E-state index contributed by atoms with van der Waals surface area (Å²) in [4.78, 5) is 28.1. The van der Waals surface area contributed by atoms with E-state index in [1.165, 1.54) is 19.4 Å². The minimum absolute atomic E-state index is 0.0187. The average molecular weight is 427 g/mol. The molecule has 2 heterocycles. The molecule has 0 aliphatic rings. The largest absolute Gasteiger partial charge is 0.493 e. The second-order valence-electron chi connectivity index (χ2n) is 6.30. The van der Waals surface area contributed by atoms with E-state index in [9.17, 15) is 9.59 Å². The highest BCUT2D eigenvalue weighted by Crippen LogP contribution is 2.31. The number of hydrogen-bond donors (Lipinski definition) is 2. The first-order chi connectivity index (χ1) is 15.0. The average Bonchev–Trinajstić information content (AvgIpc) is 3.48. The van der Waals surface area contributed by atoms with Crippen LogP contribution >= 0.6 is 0 Å². The number of ether oxygens (including phenoxy) is 2. The molecule has 11 heteroatoms. The number of hydrazone groups is 1. The number of carbonyl (C=O) groups is 2. The minimum atomic E-state index is -0.502. The number of methoxy groups -OCH3 is 2. The van der Waals surface area contributed by atoms with Gasteiger partial charge in [-0.3, -0.25) is 9.59 Å². The Morgan fingerprint density at radius 3 is 2.68 bits per heavy atom. The normalized spacial score (nSPS) is 11.1. The summed E-state index contributed by atoms with van der Waals surface area (Å²) in [6.45, 7) is 1.66. The van der Waals surface area contributed by atoms with E-state index in [0.29, 0.717) is 28.6 Å². The molecule has 2 N–H and O–H groups in total. The summed E-state index contributed by atoms with van der Waals surface area (Å²) in [5.74, 6) is 1.01. The number of rotatable bonds is 9. The highest BCUT2D eigenvalue weighted by atomic mass is 16.5. The molecule has 0 atom stereocenters. The van der Waals surface area contributed by atoms with Crippen LogP contribution in [-0.4, -0.2) is 41.9 Å². The number of aromatic nitrogens is 2. The van der Waals surface area contributed by atoms with Crippen LogP contribution in [-0.2, 0) is 11.3 Å². The molecule has 162 valence electrons. The van der Waals surface area contributed by atoms with Gasteiger partial charge in [-0.1, -0.05) is 5.16 Å². The lowest BCUT2D eigenvalue weighted by molar-refractivity contribution is -0.120. The fourth-order valence-corrected chi connectivity index (χ4v) is 2.54. The zero-order valence-electron chi connectivity index (χ0n) is 17.2. The third-order valence-electron chi connectivity index (χ3n) is 4.06. The molecule has 0 radical (unpaired) electrons. The van der Waals surface area contributed by atoms with Crippen LogP contribution in [0.2, 0.25) is 0 Å². The van der Waals surface area contributed by atoms with Crippen LogP contribution in [0.4, 0.5) is 0 Å². The third kappa shape index (κ3) is 5.69. The number of amides is 2. The molecule has 0 spiro atoms. The Balaban J connectivity index is 1.51. The van der Waals surface area contributed by atoms with Gasteiger partial charge in [0.15, 0.2) is 17.3 Å². The Labute approximate surface area is 177 Å². The maximum atomic E-state index is 12.1. The van der Waals surface area contributed by atoms with Gasteiger partial charge in [-0.15, -0.1) is 0 Å². The summed E-state index contributed by atoms with van der Waals surface area (Å²) in [6.07, 6.45) is 1.36. The van der Waals surface area contributed by atoms with Crippen molar-refractivity contribution in [3.05, 3.63) is 48.2 Å². The first-order valence-electron chi connectivity index (χ1n) is 9.19. The van der Waals surface area contributed by atoms with Crippen LogP contribution in [0.15, 0.2) is 50.6 Å². The Hall–Kier alpha value is -4.15. The lowest BCUT2D eigenvalue weighted by atomic mass is 10.2. The van der Waals surface area contributed by atoms with E-state index in [-0.39, 0.29) is 30.5 Å². The molecule has 0 aliphatic carbocycles. The molecule has 2 aromatic heterocycles. The molecule has 3 aromatic rings. The highest BCUT2D eigenvalue weighted by molar-refractivity contribution is 6.00. The molecular weight excluding hydrogens is 406 g/mol. The van der Waals surface area contributed by atoms with Crippen LogP contribution < -0.4 is 20.2 Å². The van der Waals surface area contributed by atoms with Crippen LogP contribution in [0.25, 0.3) is 11.4 Å². The standard InChI is InChI=1S/C20H21N5O6/c1-12(23-24-20(27)15-5-4-8-30-15)9-17(26)21-11-18-22-19(25-31-18)13-6-7-14(28-2)16(10-13)29-3/h4-8,10H,9,11H2,1-3H3,(H,21,26)(H,24,27)/b23-12+. The number of nitrogens with zero attached hydrogens (tertiary/aromatic N) is 3. The maximum absolute atomic E-state index is 12.1. The van der Waals surface area contributed by atoms with E-state index in [4.69, 9.17) is 18.4 Å². The monoisotopic (exact) mass is 427 g/mol. The minimum Gasteiger partial charge on any atom is -0.493 e. The van der Waals surface area contributed by atoms with Gasteiger partial charge in [0.05, 0.1) is 33.4 Å². The molecular formula is C20H21N5O6. The van der Waals surface area contributed by atoms with Gasteiger partial charge in [-0.05, 0) is 37.3 Å². The van der Waals surface area contributed by atoms with Crippen molar-refractivity contribution in [2.45, 2.75) is 19.9 Å². The smallest absolute Gasteiger partial charge is 0.307 e. The SMILES string of the molecule is COc1ccc(-c2noc(CNC(=O)C/C(C)=N/NC(=O)c3ccco3)n2)cc1OC. The molecule has 0 saturated heterocycles. The molecule has 0 bridgehead atoms. The number of hydrogen-bond acceptors (Lipinski definition) is 9. The molecule has 0 saturated carbocycles. The van der Waals surface area contributed by atoms with E-state index >= 15 is 0 Å². The summed E-state index contributed by atoms with van der Waals surface area (Å²) < 4.78 is 20.6. The van der Waals surface area contributed by atoms with Gasteiger partial charge in [0.25, 0.3) is 0 Å². The number of benzene rings is 1. The van der Waals surface area contributed by atoms with Crippen molar-refractivity contribution in [1.29, 1.82) is 0 Å². The maximum Gasteiger partial charge on any atom is 0.307 e. The molecule has 31 heavy (non-hydrogen) atoms. The van der Waals surface area contributed by atoms with Crippen molar-refractivity contribution >= 4 is 17.5 Å². The van der Waals surface area contributed by atoms with Crippen LogP contribution in [0.1, 0.15) is 29.8 Å². The van der Waals surface area contributed by atoms with E-state index in [1.807, 2.05) is 0 Å². The van der Waals surface area contributed by atoms with Crippen molar-refractivity contribution in [2.24, 2.45) is 5.10 Å². The number of carbonyl (C=O) groups excluding carboxylic acids is 2. The van der Waals surface area contributed by atoms with Crippen molar-refractivity contribution < 1.29 is 28.0 Å². The van der Waals surface area contributed by atoms with Gasteiger partial charge in [-0.2, -0.15) is 10.1 Å². The predicted molar refractivity (Wildman–Crippen MR) is 109 cm³/mol. The molecule has 3 rings (SSSR count). The molecule has 1 aromatic carbocycles. The molecule has 0 fully saturated rings. The van der Waals surface area contributed by atoms with Crippen LogP contribution in [0.5, 0.6) is 11.5 Å². The summed E-state index contributed by atoms with van der Waals surface area (Å²) >= 11 is 0. The van der Waals surface area contributed by atoms with Gasteiger partial charge >= 0.3 is 5.91 Å². The summed E-state index contributed by atoms with van der Waals surface area (Å²) in [5, 5.41) is 10.4. The van der Waals surface area contributed by atoms with E-state index in [2.05, 4.69) is 26.0 Å². The zero-order valence-corrected chi connectivity index (χ0v) is 17.2. The van der Waals surface area contributed by atoms with Crippen molar-refractivity contribution in [3.63, 3.8) is 0 Å². The van der Waals surface area contributed by atoms with Gasteiger partial charge in [0, 0.05) is 11.3 Å². The summed E-state index contributed by atoms with van der Waals surface area (Å²) in [6, 6.07) is 8.33. The quantitative estimate of drug-likeness (QED) is 0.391. The highest BCUT2D eigenvalue weighted by Gasteiger charge is 2.13. The molecule has 0 unspecified atom stereocenters. The summed E-state index contributed by atoms with van der Waals surface area (Å²) in [7, 11) is 3.08. The predicted octanol–water partition coefficient (Wildman–Crippen LogP) is 2.16. The Morgan fingerprint density at radius 1 is 1.16 bits per heavy atom. The molecule has 11 nitrogen and oxygen atoms in total. The zero-order chi connectivity index (χ0) is 22.2. The van der Waals surface area contributed by atoms with Crippen LogP contribution in [0.3, 0.4) is 0 Å². The van der Waals surface area contributed by atoms with E-state index < -0.39 is 5.91 Å². The Bertz CT molecular complexity index is 1070. The second kappa shape index (κ2) is 10.1. The van der Waals surface area contributed by atoms with Gasteiger partial charge in [-0.25, -0.2) is 5.43 Å². The second-order valence-corrected chi connectivity index (χ2v) is 6.30. The Kier molecular flexibility index (Phi) is 6.99. The molecule has 0 aliphatic heterocycles. The van der Waals surface area contributed by atoms with E-state index in [0.717, 1.165) is 0 Å². The summed E-state index contributed by atoms with van der Waals surface area (Å²) in [5.41, 5.74) is 3.40. The van der Waals surface area contributed by atoms with Gasteiger partial charge in [0.1, 0.15) is 0 Å². The van der Waals surface area contributed by atoms with Gasteiger partial charge < -0.3 is 23.7 Å². The van der Waals surface area contributed by atoms with E-state index in [1.54, 1.807) is 38.3 Å². The fourth-order valence-electron chi connectivity index (χ4n) is 2.54. The first kappa shape index (κ1) is 21.6. The van der Waals surface area contributed by atoms with Crippen molar-refractivity contribution in [1.82, 2.24) is 20.9 Å². The number of furan rings is 1.